The van der Waals surface area contributed by atoms with E-state index >= 15 is 0 Å². The minimum Gasteiger partial charge on any atom is -0.393 e. The zero-order chi connectivity index (χ0) is 15.8. The van der Waals surface area contributed by atoms with Gasteiger partial charge in [0.2, 0.25) is 11.8 Å². The minimum absolute atomic E-state index is 0.0693. The van der Waals surface area contributed by atoms with E-state index < -0.39 is 17.9 Å². The van der Waals surface area contributed by atoms with Gasteiger partial charge in [-0.25, -0.2) is 0 Å². The van der Waals surface area contributed by atoms with E-state index in [0.29, 0.717) is 25.2 Å². The van der Waals surface area contributed by atoms with E-state index in [1.165, 1.54) is 0 Å². The van der Waals surface area contributed by atoms with Crippen LogP contribution in [-0.2, 0) is 14.3 Å². The maximum atomic E-state index is 11.4. The van der Waals surface area contributed by atoms with Gasteiger partial charge in [-0.15, -0.1) is 0 Å². The number of amides is 1. The van der Waals surface area contributed by atoms with Crippen LogP contribution in [0, 0.1) is 5.92 Å². The fourth-order valence-electron chi connectivity index (χ4n) is 1.72. The third kappa shape index (κ3) is 7.00. The predicted octanol–water partition coefficient (Wildman–Crippen LogP) is 0.881. The standard InChI is InChI=1S/C14H28N2O4/c1-5-19-14(16,20-6-2)8-7-12(13(15)18)9-10(3)11(4)17/h7,10-11,17H,5-6,8-9,16H2,1-4H3,(H2,15,18)/b12-7-. The summed E-state index contributed by atoms with van der Waals surface area (Å²) in [6.45, 7) is 7.96. The summed E-state index contributed by atoms with van der Waals surface area (Å²) in [4.78, 5) is 11.4. The Labute approximate surface area is 121 Å². The van der Waals surface area contributed by atoms with Gasteiger partial charge < -0.3 is 20.3 Å². The number of aliphatic hydroxyl groups is 1. The molecule has 118 valence electrons. The van der Waals surface area contributed by atoms with Crippen molar-refractivity contribution in [2.24, 2.45) is 17.4 Å². The quantitative estimate of drug-likeness (QED) is 0.408. The lowest BCUT2D eigenvalue weighted by Gasteiger charge is -2.28. The Balaban J connectivity index is 4.86. The molecule has 0 aliphatic rings. The van der Waals surface area contributed by atoms with Gasteiger partial charge >= 0.3 is 0 Å². The van der Waals surface area contributed by atoms with E-state index in [2.05, 4.69) is 0 Å². The summed E-state index contributed by atoms with van der Waals surface area (Å²) < 4.78 is 10.7. The number of carbonyl (C=O) groups is 1. The molecule has 0 rings (SSSR count). The van der Waals surface area contributed by atoms with Crippen LogP contribution in [0.4, 0.5) is 0 Å². The van der Waals surface area contributed by atoms with Crippen LogP contribution in [0.2, 0.25) is 0 Å². The van der Waals surface area contributed by atoms with Crippen molar-refractivity contribution in [2.75, 3.05) is 13.2 Å². The first-order chi connectivity index (χ1) is 9.25. The molecule has 6 heteroatoms. The summed E-state index contributed by atoms with van der Waals surface area (Å²) in [5, 5.41) is 9.49. The van der Waals surface area contributed by atoms with Crippen LogP contribution in [0.15, 0.2) is 11.6 Å². The van der Waals surface area contributed by atoms with Crippen LogP contribution in [0.25, 0.3) is 0 Å². The Kier molecular flexibility index (Phi) is 8.64. The topological polar surface area (TPSA) is 108 Å². The SMILES string of the molecule is CCOC(N)(C/C=C(/CC(C)C(C)O)C(N)=O)OCC. The van der Waals surface area contributed by atoms with Crippen LogP contribution >= 0.6 is 0 Å². The monoisotopic (exact) mass is 288 g/mol. The highest BCUT2D eigenvalue weighted by Crippen LogP contribution is 2.19. The number of rotatable bonds is 10. The van der Waals surface area contributed by atoms with Gasteiger partial charge in [0.1, 0.15) is 0 Å². The molecule has 1 amide bonds. The van der Waals surface area contributed by atoms with Crippen molar-refractivity contribution in [3.63, 3.8) is 0 Å². The van der Waals surface area contributed by atoms with Gasteiger partial charge in [0.25, 0.3) is 0 Å². The van der Waals surface area contributed by atoms with Gasteiger partial charge in [0, 0.05) is 25.2 Å². The summed E-state index contributed by atoms with van der Waals surface area (Å²) in [6, 6.07) is 0. The first-order valence-corrected chi connectivity index (χ1v) is 6.99. The molecule has 20 heavy (non-hydrogen) atoms. The molecule has 0 fully saturated rings. The molecule has 2 unspecified atom stereocenters. The number of hydrogen-bond donors (Lipinski definition) is 3. The normalized spacial score (nSPS) is 16.0. The first kappa shape index (κ1) is 19.1. The number of hydrogen-bond acceptors (Lipinski definition) is 5. The minimum atomic E-state index is -1.25. The fourth-order valence-corrected chi connectivity index (χ4v) is 1.72. The summed E-state index contributed by atoms with van der Waals surface area (Å²) in [5.41, 5.74) is 11.7. The molecule has 0 radical (unpaired) electrons. The average Bonchev–Trinajstić information content (AvgIpc) is 2.34. The van der Waals surface area contributed by atoms with Crippen molar-refractivity contribution in [1.29, 1.82) is 0 Å². The third-order valence-electron chi connectivity index (χ3n) is 3.09. The van der Waals surface area contributed by atoms with Gasteiger partial charge in [-0.3, -0.25) is 10.5 Å². The Morgan fingerprint density at radius 3 is 2.15 bits per heavy atom. The van der Waals surface area contributed by atoms with Crippen LogP contribution in [0.5, 0.6) is 0 Å². The molecule has 0 bridgehead atoms. The Hall–Kier alpha value is -0.950. The van der Waals surface area contributed by atoms with E-state index in [-0.39, 0.29) is 12.3 Å². The number of nitrogens with two attached hydrogens (primary N) is 2. The lowest BCUT2D eigenvalue weighted by Crippen LogP contribution is -2.45. The van der Waals surface area contributed by atoms with Gasteiger partial charge in [-0.05, 0) is 33.1 Å². The van der Waals surface area contributed by atoms with Crippen LogP contribution in [0.3, 0.4) is 0 Å². The molecule has 0 spiro atoms. The van der Waals surface area contributed by atoms with Crippen molar-refractivity contribution in [3.8, 4) is 0 Å². The largest absolute Gasteiger partial charge is 0.393 e. The second-order valence-electron chi connectivity index (χ2n) is 4.90. The first-order valence-electron chi connectivity index (χ1n) is 6.99. The molecule has 0 aromatic carbocycles. The second kappa shape index (κ2) is 9.07. The van der Waals surface area contributed by atoms with Crippen molar-refractivity contribution in [3.05, 3.63) is 11.6 Å². The van der Waals surface area contributed by atoms with E-state index in [0.717, 1.165) is 0 Å². The summed E-state index contributed by atoms with van der Waals surface area (Å²) in [5.74, 6) is -1.84. The molecule has 0 aliphatic carbocycles. The molecule has 2 atom stereocenters. The molecule has 0 aliphatic heterocycles. The van der Waals surface area contributed by atoms with Crippen molar-refractivity contribution < 1.29 is 19.4 Å². The van der Waals surface area contributed by atoms with Gasteiger partial charge in [-0.2, -0.15) is 0 Å². The van der Waals surface area contributed by atoms with E-state index in [4.69, 9.17) is 20.9 Å². The zero-order valence-corrected chi connectivity index (χ0v) is 12.9. The number of ether oxygens (including phenoxy) is 2. The molecule has 0 saturated carbocycles. The average molecular weight is 288 g/mol. The molecule has 0 aromatic rings. The maximum Gasteiger partial charge on any atom is 0.244 e. The van der Waals surface area contributed by atoms with Crippen molar-refractivity contribution in [1.82, 2.24) is 0 Å². The van der Waals surface area contributed by atoms with Crippen molar-refractivity contribution in [2.45, 2.75) is 52.6 Å². The summed E-state index contributed by atoms with van der Waals surface area (Å²) in [6.07, 6.45) is 1.73. The molecule has 5 N–H and O–H groups in total. The van der Waals surface area contributed by atoms with Crippen LogP contribution in [-0.4, -0.2) is 36.2 Å². The highest BCUT2D eigenvalue weighted by molar-refractivity contribution is 5.91. The zero-order valence-electron chi connectivity index (χ0n) is 12.9. The fraction of sp³-hybridized carbons (Fsp3) is 0.786. The Bertz CT molecular complexity index is 323. The van der Waals surface area contributed by atoms with E-state index in [9.17, 15) is 9.90 Å². The number of primary amides is 1. The number of carbonyl (C=O) groups excluding carboxylic acids is 1. The smallest absolute Gasteiger partial charge is 0.244 e. The lowest BCUT2D eigenvalue weighted by atomic mass is 9.95. The molecular weight excluding hydrogens is 260 g/mol. The summed E-state index contributed by atoms with van der Waals surface area (Å²) >= 11 is 0. The Morgan fingerprint density at radius 1 is 1.30 bits per heavy atom. The highest BCUT2D eigenvalue weighted by Gasteiger charge is 2.25. The molecule has 0 saturated heterocycles. The third-order valence-corrected chi connectivity index (χ3v) is 3.09. The van der Waals surface area contributed by atoms with Crippen LogP contribution < -0.4 is 11.5 Å². The molecular formula is C14H28N2O4. The van der Waals surface area contributed by atoms with E-state index in [1.54, 1.807) is 13.0 Å². The second-order valence-corrected chi connectivity index (χ2v) is 4.90. The lowest BCUT2D eigenvalue weighted by molar-refractivity contribution is -0.227. The summed E-state index contributed by atoms with van der Waals surface area (Å²) in [7, 11) is 0. The van der Waals surface area contributed by atoms with Crippen LogP contribution in [0.1, 0.15) is 40.5 Å². The molecule has 6 nitrogen and oxygen atoms in total. The van der Waals surface area contributed by atoms with E-state index in [1.807, 2.05) is 20.8 Å². The molecule has 0 aromatic heterocycles. The molecule has 0 heterocycles. The van der Waals surface area contributed by atoms with Gasteiger partial charge in [0.05, 0.1) is 6.10 Å². The number of aliphatic hydroxyl groups excluding tert-OH is 1. The Morgan fingerprint density at radius 2 is 1.80 bits per heavy atom. The van der Waals surface area contributed by atoms with Gasteiger partial charge in [0.15, 0.2) is 0 Å². The maximum absolute atomic E-state index is 11.4. The highest BCUT2D eigenvalue weighted by atomic mass is 16.7. The predicted molar refractivity (Wildman–Crippen MR) is 77.5 cm³/mol. The van der Waals surface area contributed by atoms with Gasteiger partial charge in [-0.1, -0.05) is 13.0 Å². The van der Waals surface area contributed by atoms with Crippen molar-refractivity contribution >= 4 is 5.91 Å².